The van der Waals surface area contributed by atoms with Crippen molar-refractivity contribution >= 4 is 11.6 Å². The summed E-state index contributed by atoms with van der Waals surface area (Å²) in [6, 6.07) is 6.62. The molecule has 1 aromatic rings. The Labute approximate surface area is 147 Å². The number of guanidine groups is 1. The van der Waals surface area contributed by atoms with Crippen molar-refractivity contribution in [3.05, 3.63) is 29.3 Å². The average Bonchev–Trinajstić information content (AvgIpc) is 2.61. The summed E-state index contributed by atoms with van der Waals surface area (Å²) in [7, 11) is 1.83. The van der Waals surface area contributed by atoms with E-state index >= 15 is 0 Å². The van der Waals surface area contributed by atoms with Gasteiger partial charge >= 0.3 is 0 Å². The summed E-state index contributed by atoms with van der Waals surface area (Å²) < 4.78 is 0. The second-order valence-corrected chi connectivity index (χ2v) is 6.47. The normalized spacial score (nSPS) is 16.3. The topological polar surface area (TPSA) is 42.9 Å². The van der Waals surface area contributed by atoms with Crippen LogP contribution in [0.15, 0.2) is 23.2 Å². The van der Waals surface area contributed by atoms with Crippen LogP contribution >= 0.6 is 0 Å². The standard InChI is InChI=1S/C19H33N5/c1-5-9-21-19(20-4)22-10-11-23-12-14-24(15-13-23)18-8-6-7-16(2)17(18)3/h6-8H,5,9-15H2,1-4H3,(H2,20,21,22). The highest BCUT2D eigenvalue weighted by atomic mass is 15.3. The molecule has 0 aromatic heterocycles. The lowest BCUT2D eigenvalue weighted by Crippen LogP contribution is -2.49. The molecule has 1 aliphatic heterocycles. The van der Waals surface area contributed by atoms with Crippen molar-refractivity contribution in [2.45, 2.75) is 27.2 Å². The van der Waals surface area contributed by atoms with E-state index in [2.05, 4.69) is 64.4 Å². The molecule has 2 rings (SSSR count). The molecule has 0 atom stereocenters. The molecule has 1 saturated heterocycles. The molecule has 0 bridgehead atoms. The monoisotopic (exact) mass is 331 g/mol. The molecule has 0 radical (unpaired) electrons. The van der Waals surface area contributed by atoms with Crippen LogP contribution in [0.5, 0.6) is 0 Å². The van der Waals surface area contributed by atoms with E-state index in [1.54, 1.807) is 0 Å². The van der Waals surface area contributed by atoms with Gasteiger partial charge in [-0.2, -0.15) is 0 Å². The minimum atomic E-state index is 0.908. The van der Waals surface area contributed by atoms with Crippen molar-refractivity contribution in [3.63, 3.8) is 0 Å². The van der Waals surface area contributed by atoms with E-state index in [0.29, 0.717) is 0 Å². The van der Waals surface area contributed by atoms with Crippen molar-refractivity contribution in [1.82, 2.24) is 15.5 Å². The van der Waals surface area contributed by atoms with Gasteiger partial charge in [0.15, 0.2) is 5.96 Å². The molecular weight excluding hydrogens is 298 g/mol. The van der Waals surface area contributed by atoms with Gasteiger partial charge in [-0.1, -0.05) is 19.1 Å². The predicted octanol–water partition coefficient (Wildman–Crippen LogP) is 2.00. The number of nitrogens with one attached hydrogen (secondary N) is 2. The fourth-order valence-electron chi connectivity index (χ4n) is 3.09. The highest BCUT2D eigenvalue weighted by molar-refractivity contribution is 5.79. The Kier molecular flexibility index (Phi) is 7.37. The van der Waals surface area contributed by atoms with Gasteiger partial charge in [-0.25, -0.2) is 0 Å². The Morgan fingerprint density at radius 1 is 1.08 bits per heavy atom. The van der Waals surface area contributed by atoms with Gasteiger partial charge in [0.25, 0.3) is 0 Å². The maximum Gasteiger partial charge on any atom is 0.191 e. The molecular formula is C19H33N5. The first kappa shape index (κ1) is 18.6. The third-order valence-corrected chi connectivity index (χ3v) is 4.78. The van der Waals surface area contributed by atoms with Gasteiger partial charge in [-0.3, -0.25) is 9.89 Å². The van der Waals surface area contributed by atoms with Crippen LogP contribution < -0.4 is 15.5 Å². The van der Waals surface area contributed by atoms with Gasteiger partial charge in [0, 0.05) is 58.5 Å². The minimum absolute atomic E-state index is 0.908. The molecule has 2 N–H and O–H groups in total. The molecule has 1 aliphatic rings. The van der Waals surface area contributed by atoms with Crippen molar-refractivity contribution < 1.29 is 0 Å². The van der Waals surface area contributed by atoms with E-state index in [9.17, 15) is 0 Å². The van der Waals surface area contributed by atoms with Gasteiger partial charge in [0.05, 0.1) is 0 Å². The van der Waals surface area contributed by atoms with E-state index in [-0.39, 0.29) is 0 Å². The summed E-state index contributed by atoms with van der Waals surface area (Å²) >= 11 is 0. The van der Waals surface area contributed by atoms with Crippen LogP contribution in [0.2, 0.25) is 0 Å². The fourth-order valence-corrected chi connectivity index (χ4v) is 3.09. The van der Waals surface area contributed by atoms with E-state index in [4.69, 9.17) is 0 Å². The number of benzene rings is 1. The van der Waals surface area contributed by atoms with Crippen LogP contribution in [0, 0.1) is 13.8 Å². The number of nitrogens with zero attached hydrogens (tertiary/aromatic N) is 3. The van der Waals surface area contributed by atoms with Crippen LogP contribution in [-0.2, 0) is 0 Å². The Balaban J connectivity index is 1.74. The number of rotatable bonds is 6. The quantitative estimate of drug-likeness (QED) is 0.618. The van der Waals surface area contributed by atoms with Crippen LogP contribution in [-0.4, -0.2) is 63.7 Å². The maximum atomic E-state index is 4.25. The zero-order chi connectivity index (χ0) is 17.4. The maximum absolute atomic E-state index is 4.25. The summed E-state index contributed by atoms with van der Waals surface area (Å²) in [6.07, 6.45) is 1.11. The molecule has 1 heterocycles. The number of aliphatic imine (C=N–C) groups is 1. The SMILES string of the molecule is CCCNC(=NC)NCCN1CCN(c2cccc(C)c2C)CC1. The van der Waals surface area contributed by atoms with Crippen molar-refractivity contribution in [2.75, 3.05) is 57.8 Å². The number of hydrogen-bond donors (Lipinski definition) is 2. The highest BCUT2D eigenvalue weighted by Gasteiger charge is 2.18. The molecule has 134 valence electrons. The van der Waals surface area contributed by atoms with E-state index in [0.717, 1.165) is 58.2 Å². The first-order valence-corrected chi connectivity index (χ1v) is 9.13. The minimum Gasteiger partial charge on any atom is -0.369 e. The Bertz CT molecular complexity index is 533. The Morgan fingerprint density at radius 3 is 2.46 bits per heavy atom. The number of hydrogen-bond acceptors (Lipinski definition) is 3. The molecule has 0 amide bonds. The zero-order valence-electron chi connectivity index (χ0n) is 15.7. The summed E-state index contributed by atoms with van der Waals surface area (Å²) in [5, 5.41) is 6.70. The molecule has 5 heteroatoms. The van der Waals surface area contributed by atoms with E-state index < -0.39 is 0 Å². The molecule has 0 unspecified atom stereocenters. The van der Waals surface area contributed by atoms with Gasteiger partial charge < -0.3 is 15.5 Å². The van der Waals surface area contributed by atoms with E-state index in [1.807, 2.05) is 7.05 Å². The summed E-state index contributed by atoms with van der Waals surface area (Å²) in [6.45, 7) is 14.0. The average molecular weight is 332 g/mol. The Morgan fingerprint density at radius 2 is 1.79 bits per heavy atom. The number of piperazine rings is 1. The lowest BCUT2D eigenvalue weighted by Gasteiger charge is -2.37. The van der Waals surface area contributed by atoms with E-state index in [1.165, 1.54) is 16.8 Å². The summed E-state index contributed by atoms with van der Waals surface area (Å²) in [5.41, 5.74) is 4.19. The highest BCUT2D eigenvalue weighted by Crippen LogP contribution is 2.23. The van der Waals surface area contributed by atoms with Crippen LogP contribution in [0.1, 0.15) is 24.5 Å². The summed E-state index contributed by atoms with van der Waals surface area (Å²) in [4.78, 5) is 9.30. The second-order valence-electron chi connectivity index (χ2n) is 6.47. The first-order valence-electron chi connectivity index (χ1n) is 9.13. The molecule has 24 heavy (non-hydrogen) atoms. The van der Waals surface area contributed by atoms with Crippen LogP contribution in [0.4, 0.5) is 5.69 Å². The smallest absolute Gasteiger partial charge is 0.191 e. The first-order chi connectivity index (χ1) is 11.7. The van der Waals surface area contributed by atoms with Crippen molar-refractivity contribution in [2.24, 2.45) is 4.99 Å². The van der Waals surface area contributed by atoms with Gasteiger partial charge in [-0.15, -0.1) is 0 Å². The van der Waals surface area contributed by atoms with Gasteiger partial charge in [0.1, 0.15) is 0 Å². The third kappa shape index (κ3) is 5.13. The molecule has 0 saturated carbocycles. The largest absolute Gasteiger partial charge is 0.369 e. The molecule has 5 nitrogen and oxygen atoms in total. The fraction of sp³-hybridized carbons (Fsp3) is 0.632. The molecule has 1 fully saturated rings. The molecule has 0 aliphatic carbocycles. The predicted molar refractivity (Wildman–Crippen MR) is 104 cm³/mol. The van der Waals surface area contributed by atoms with Crippen LogP contribution in [0.25, 0.3) is 0 Å². The van der Waals surface area contributed by atoms with Crippen molar-refractivity contribution in [1.29, 1.82) is 0 Å². The lowest BCUT2D eigenvalue weighted by molar-refractivity contribution is 0.261. The number of aryl methyl sites for hydroxylation is 1. The van der Waals surface area contributed by atoms with Gasteiger partial charge in [-0.05, 0) is 37.5 Å². The van der Waals surface area contributed by atoms with Crippen LogP contribution in [0.3, 0.4) is 0 Å². The molecule has 1 aromatic carbocycles. The van der Waals surface area contributed by atoms with Gasteiger partial charge in [0.2, 0.25) is 0 Å². The van der Waals surface area contributed by atoms with Crippen molar-refractivity contribution in [3.8, 4) is 0 Å². The second kappa shape index (κ2) is 9.52. The third-order valence-electron chi connectivity index (χ3n) is 4.78. The lowest BCUT2D eigenvalue weighted by atomic mass is 10.1. The zero-order valence-corrected chi connectivity index (χ0v) is 15.7. The number of anilines is 1. The Hall–Kier alpha value is -1.75. The molecule has 0 spiro atoms. The summed E-state index contributed by atoms with van der Waals surface area (Å²) in [5.74, 6) is 0.908.